The Morgan fingerprint density at radius 1 is 1.43 bits per heavy atom. The summed E-state index contributed by atoms with van der Waals surface area (Å²) in [6.45, 7) is 0. The van der Waals surface area contributed by atoms with Gasteiger partial charge in [-0.1, -0.05) is 12.1 Å². The van der Waals surface area contributed by atoms with Crippen molar-refractivity contribution in [1.82, 2.24) is 9.55 Å². The molecule has 0 spiro atoms. The number of nitrogen functional groups attached to an aromatic ring is 1. The van der Waals surface area contributed by atoms with Crippen molar-refractivity contribution in [3.63, 3.8) is 0 Å². The summed E-state index contributed by atoms with van der Waals surface area (Å²) in [7, 11) is 1.98. The van der Waals surface area contributed by atoms with Crippen LogP contribution in [0.15, 0.2) is 18.2 Å². The van der Waals surface area contributed by atoms with Crippen molar-refractivity contribution in [3.8, 4) is 0 Å². The molecule has 0 bridgehead atoms. The van der Waals surface area contributed by atoms with Crippen LogP contribution in [0.25, 0.3) is 11.0 Å². The predicted molar refractivity (Wildman–Crippen MR) is 57.1 cm³/mol. The fourth-order valence-corrected chi connectivity index (χ4v) is 2.04. The fourth-order valence-electron chi connectivity index (χ4n) is 2.04. The van der Waals surface area contributed by atoms with Gasteiger partial charge in [-0.15, -0.1) is 0 Å². The van der Waals surface area contributed by atoms with Crippen LogP contribution in [0.4, 0.5) is 5.95 Å². The quantitative estimate of drug-likeness (QED) is 0.742. The Hall–Kier alpha value is -1.51. The summed E-state index contributed by atoms with van der Waals surface area (Å²) in [5, 5.41) is 0. The zero-order valence-electron chi connectivity index (χ0n) is 8.20. The van der Waals surface area contributed by atoms with Crippen LogP contribution in [0.1, 0.15) is 24.3 Å². The van der Waals surface area contributed by atoms with Gasteiger partial charge >= 0.3 is 0 Å². The molecule has 1 aromatic heterocycles. The number of para-hydroxylation sites is 1. The van der Waals surface area contributed by atoms with E-state index in [0.717, 1.165) is 11.4 Å². The SMILES string of the molecule is Cn1c(N)nc2cccc(C3CC3)c21. The van der Waals surface area contributed by atoms with Gasteiger partial charge in [-0.3, -0.25) is 0 Å². The number of hydrogen-bond donors (Lipinski definition) is 1. The van der Waals surface area contributed by atoms with Crippen LogP contribution >= 0.6 is 0 Å². The van der Waals surface area contributed by atoms with Gasteiger partial charge in [0.2, 0.25) is 5.95 Å². The average Bonchev–Trinajstić information content (AvgIpc) is 2.96. The number of nitrogens with zero attached hydrogens (tertiary/aromatic N) is 2. The van der Waals surface area contributed by atoms with Gasteiger partial charge in [-0.05, 0) is 30.4 Å². The van der Waals surface area contributed by atoms with Gasteiger partial charge in [0.25, 0.3) is 0 Å². The molecule has 0 unspecified atom stereocenters. The third-order valence-electron chi connectivity index (χ3n) is 2.98. The number of aromatic nitrogens is 2. The Bertz CT molecular complexity index is 494. The van der Waals surface area contributed by atoms with E-state index in [-0.39, 0.29) is 0 Å². The molecule has 0 atom stereocenters. The van der Waals surface area contributed by atoms with Gasteiger partial charge in [0.15, 0.2) is 0 Å². The molecule has 72 valence electrons. The van der Waals surface area contributed by atoms with E-state index in [1.807, 2.05) is 17.7 Å². The summed E-state index contributed by atoms with van der Waals surface area (Å²) in [5.74, 6) is 1.35. The number of anilines is 1. The van der Waals surface area contributed by atoms with Gasteiger partial charge in [0, 0.05) is 7.05 Å². The second-order valence-electron chi connectivity index (χ2n) is 4.02. The number of nitrogens with two attached hydrogens (primary N) is 1. The lowest BCUT2D eigenvalue weighted by atomic mass is 10.1. The lowest BCUT2D eigenvalue weighted by Crippen LogP contribution is -1.97. The largest absolute Gasteiger partial charge is 0.369 e. The van der Waals surface area contributed by atoms with Crippen molar-refractivity contribution in [3.05, 3.63) is 23.8 Å². The first-order chi connectivity index (χ1) is 6.77. The Kier molecular flexibility index (Phi) is 1.40. The molecule has 1 fully saturated rings. The maximum Gasteiger partial charge on any atom is 0.200 e. The molecule has 2 aromatic rings. The predicted octanol–water partition coefficient (Wildman–Crippen LogP) is 2.03. The standard InChI is InChI=1S/C11H13N3/c1-14-10-8(7-5-6-7)3-2-4-9(10)13-11(14)12/h2-4,7H,5-6H2,1H3,(H2,12,13). The summed E-state index contributed by atoms with van der Waals surface area (Å²) >= 11 is 0. The van der Waals surface area contributed by atoms with Gasteiger partial charge in [0.05, 0.1) is 11.0 Å². The maximum atomic E-state index is 5.79. The summed E-state index contributed by atoms with van der Waals surface area (Å²) in [5.41, 5.74) is 9.44. The topological polar surface area (TPSA) is 43.8 Å². The van der Waals surface area contributed by atoms with Crippen molar-refractivity contribution in [2.45, 2.75) is 18.8 Å². The van der Waals surface area contributed by atoms with E-state index in [9.17, 15) is 0 Å². The minimum absolute atomic E-state index is 0.605. The second kappa shape index (κ2) is 2.50. The zero-order valence-corrected chi connectivity index (χ0v) is 8.20. The molecule has 0 amide bonds. The second-order valence-corrected chi connectivity index (χ2v) is 4.02. The van der Waals surface area contributed by atoms with Crippen LogP contribution in [0.3, 0.4) is 0 Å². The van der Waals surface area contributed by atoms with Crippen LogP contribution < -0.4 is 5.73 Å². The minimum atomic E-state index is 0.605. The normalized spacial score (nSPS) is 16.4. The number of imidazole rings is 1. The van der Waals surface area contributed by atoms with Gasteiger partial charge in [0.1, 0.15) is 0 Å². The lowest BCUT2D eigenvalue weighted by molar-refractivity contribution is 0.952. The molecule has 3 heteroatoms. The third kappa shape index (κ3) is 0.953. The van der Waals surface area contributed by atoms with Crippen LogP contribution in [0, 0.1) is 0 Å². The molecule has 3 rings (SSSR count). The molecule has 0 saturated heterocycles. The molecule has 14 heavy (non-hydrogen) atoms. The van der Waals surface area contributed by atoms with E-state index in [0.29, 0.717) is 5.95 Å². The Morgan fingerprint density at radius 2 is 2.21 bits per heavy atom. The van der Waals surface area contributed by atoms with E-state index in [2.05, 4.69) is 17.1 Å². The number of hydrogen-bond acceptors (Lipinski definition) is 2. The van der Waals surface area contributed by atoms with Crippen LogP contribution in [0.5, 0.6) is 0 Å². The van der Waals surface area contributed by atoms with E-state index in [1.54, 1.807) is 0 Å². The average molecular weight is 187 g/mol. The summed E-state index contributed by atoms with van der Waals surface area (Å²) in [6, 6.07) is 6.29. The first kappa shape index (κ1) is 7.85. The molecule has 1 aromatic carbocycles. The molecule has 3 nitrogen and oxygen atoms in total. The monoisotopic (exact) mass is 187 g/mol. The molecule has 1 heterocycles. The smallest absolute Gasteiger partial charge is 0.200 e. The Labute approximate surface area is 82.5 Å². The van der Waals surface area contributed by atoms with Crippen LogP contribution in [-0.4, -0.2) is 9.55 Å². The van der Waals surface area contributed by atoms with Gasteiger partial charge in [-0.25, -0.2) is 4.98 Å². The highest BCUT2D eigenvalue weighted by molar-refractivity contribution is 5.82. The number of benzene rings is 1. The summed E-state index contributed by atoms with van der Waals surface area (Å²) < 4.78 is 1.99. The van der Waals surface area contributed by atoms with Crippen molar-refractivity contribution in [2.24, 2.45) is 7.05 Å². The Morgan fingerprint density at radius 3 is 2.93 bits per heavy atom. The van der Waals surface area contributed by atoms with Crippen LogP contribution in [-0.2, 0) is 7.05 Å². The van der Waals surface area contributed by atoms with E-state index >= 15 is 0 Å². The molecule has 0 aliphatic heterocycles. The molecule has 1 aliphatic rings. The van der Waals surface area contributed by atoms with Crippen molar-refractivity contribution < 1.29 is 0 Å². The molecular formula is C11H13N3. The summed E-state index contributed by atoms with van der Waals surface area (Å²) in [6.07, 6.45) is 2.62. The molecular weight excluding hydrogens is 174 g/mol. The van der Waals surface area contributed by atoms with Crippen molar-refractivity contribution in [1.29, 1.82) is 0 Å². The van der Waals surface area contributed by atoms with Crippen molar-refractivity contribution in [2.75, 3.05) is 5.73 Å². The van der Waals surface area contributed by atoms with Crippen molar-refractivity contribution >= 4 is 17.0 Å². The molecule has 1 aliphatic carbocycles. The fraction of sp³-hybridized carbons (Fsp3) is 0.364. The highest BCUT2D eigenvalue weighted by atomic mass is 15.1. The molecule has 1 saturated carbocycles. The number of rotatable bonds is 1. The molecule has 0 radical (unpaired) electrons. The Balaban J connectivity index is 2.37. The number of aryl methyl sites for hydroxylation is 1. The maximum absolute atomic E-state index is 5.79. The van der Waals surface area contributed by atoms with E-state index in [4.69, 9.17) is 5.73 Å². The van der Waals surface area contributed by atoms with E-state index in [1.165, 1.54) is 23.9 Å². The lowest BCUT2D eigenvalue weighted by Gasteiger charge is -2.03. The zero-order chi connectivity index (χ0) is 9.71. The first-order valence-electron chi connectivity index (χ1n) is 4.98. The number of fused-ring (bicyclic) bond motifs is 1. The van der Waals surface area contributed by atoms with E-state index < -0.39 is 0 Å². The minimum Gasteiger partial charge on any atom is -0.369 e. The highest BCUT2D eigenvalue weighted by Crippen LogP contribution is 2.43. The van der Waals surface area contributed by atoms with Gasteiger partial charge < -0.3 is 10.3 Å². The highest BCUT2D eigenvalue weighted by Gasteiger charge is 2.26. The first-order valence-corrected chi connectivity index (χ1v) is 4.98. The molecule has 2 N–H and O–H groups in total. The van der Waals surface area contributed by atoms with Crippen LogP contribution in [0.2, 0.25) is 0 Å². The summed E-state index contributed by atoms with van der Waals surface area (Å²) in [4.78, 5) is 4.32. The third-order valence-corrected chi connectivity index (χ3v) is 2.98. The van der Waals surface area contributed by atoms with Gasteiger partial charge in [-0.2, -0.15) is 0 Å².